The minimum atomic E-state index is -0.625. The van der Waals surface area contributed by atoms with Crippen molar-refractivity contribution in [1.82, 2.24) is 9.72 Å². The second-order valence-electron chi connectivity index (χ2n) is 6.03. The molecule has 3 rings (SSSR count). The van der Waals surface area contributed by atoms with Gasteiger partial charge in [-0.25, -0.2) is 4.79 Å². The second-order valence-corrected chi connectivity index (χ2v) is 6.03. The highest BCUT2D eigenvalue weighted by atomic mass is 16.6. The summed E-state index contributed by atoms with van der Waals surface area (Å²) in [6.07, 6.45) is 2.30. The lowest BCUT2D eigenvalue weighted by Gasteiger charge is -2.08. The zero-order valence-electron chi connectivity index (χ0n) is 14.0. The van der Waals surface area contributed by atoms with Crippen molar-refractivity contribution in [2.24, 2.45) is 0 Å². The molecule has 2 aromatic heterocycles. The van der Waals surface area contributed by atoms with E-state index in [0.717, 1.165) is 24.2 Å². The van der Waals surface area contributed by atoms with E-state index in [9.17, 15) is 9.59 Å². The molecule has 0 unspecified atom stereocenters. The maximum atomic E-state index is 12.3. The first-order chi connectivity index (χ1) is 11.5. The van der Waals surface area contributed by atoms with Gasteiger partial charge in [0, 0.05) is 29.1 Å². The lowest BCUT2D eigenvalue weighted by atomic mass is 10.1. The molecule has 0 aliphatic heterocycles. The normalized spacial score (nSPS) is 13.8. The smallest absolute Gasteiger partial charge is 0.344 e. The Morgan fingerprint density at radius 2 is 2.00 bits per heavy atom. The number of aryl methyl sites for hydroxylation is 2. The molecule has 0 aromatic carbocycles. The van der Waals surface area contributed by atoms with Crippen molar-refractivity contribution >= 4 is 11.8 Å². The molecule has 24 heavy (non-hydrogen) atoms. The van der Waals surface area contributed by atoms with Crippen LogP contribution in [-0.2, 0) is 9.53 Å². The molecule has 0 N–H and O–H groups in total. The third kappa shape index (κ3) is 3.50. The summed E-state index contributed by atoms with van der Waals surface area (Å²) in [4.78, 5) is 24.0. The topological polar surface area (TPSA) is 83.6 Å². The van der Waals surface area contributed by atoms with E-state index in [0.29, 0.717) is 17.4 Å². The van der Waals surface area contributed by atoms with E-state index in [2.05, 4.69) is 9.72 Å². The van der Waals surface area contributed by atoms with Crippen LogP contribution in [-0.4, -0.2) is 34.7 Å². The first kappa shape index (κ1) is 16.3. The molecule has 0 bridgehead atoms. The molecule has 7 nitrogen and oxygen atoms in total. The SMILES string of the molecule is Cc1cc(OCC(=O)OCC(=O)c2cc(C)n(C3CC3)c2C)no1. The fourth-order valence-electron chi connectivity index (χ4n) is 2.76. The fourth-order valence-corrected chi connectivity index (χ4v) is 2.76. The average Bonchev–Trinajstić information content (AvgIpc) is 3.21. The molecule has 0 atom stereocenters. The van der Waals surface area contributed by atoms with Crippen molar-refractivity contribution < 1.29 is 23.6 Å². The molecule has 2 aromatic rings. The highest BCUT2D eigenvalue weighted by Crippen LogP contribution is 2.38. The summed E-state index contributed by atoms with van der Waals surface area (Å²) in [6, 6.07) is 3.93. The molecule has 7 heteroatoms. The van der Waals surface area contributed by atoms with E-state index >= 15 is 0 Å². The maximum absolute atomic E-state index is 12.3. The molecule has 2 heterocycles. The number of esters is 1. The van der Waals surface area contributed by atoms with Crippen molar-refractivity contribution in [2.45, 2.75) is 39.7 Å². The summed E-state index contributed by atoms with van der Waals surface area (Å²) in [7, 11) is 0. The minimum absolute atomic E-state index is 0.208. The molecule has 0 saturated heterocycles. The van der Waals surface area contributed by atoms with Crippen LogP contribution in [0, 0.1) is 20.8 Å². The molecule has 0 amide bonds. The molecule has 0 spiro atoms. The Bertz CT molecular complexity index is 770. The summed E-state index contributed by atoms with van der Waals surface area (Å²) < 4.78 is 17.1. The van der Waals surface area contributed by atoms with Gasteiger partial charge in [-0.05, 0) is 44.8 Å². The van der Waals surface area contributed by atoms with Crippen molar-refractivity contribution in [3.63, 3.8) is 0 Å². The Hall–Kier alpha value is -2.57. The Kier molecular flexibility index (Phi) is 4.42. The van der Waals surface area contributed by atoms with Crippen molar-refractivity contribution in [1.29, 1.82) is 0 Å². The Balaban J connectivity index is 1.52. The van der Waals surface area contributed by atoms with Crippen LogP contribution in [0.3, 0.4) is 0 Å². The van der Waals surface area contributed by atoms with Gasteiger partial charge >= 0.3 is 5.97 Å². The summed E-state index contributed by atoms with van der Waals surface area (Å²) in [5, 5.41) is 3.60. The number of hydrogen-bond donors (Lipinski definition) is 0. The largest absolute Gasteiger partial charge is 0.463 e. The maximum Gasteiger partial charge on any atom is 0.344 e. The number of carbonyl (C=O) groups is 2. The van der Waals surface area contributed by atoms with Crippen LogP contribution in [0.1, 0.15) is 46.4 Å². The molecule has 1 aliphatic carbocycles. The third-order valence-electron chi connectivity index (χ3n) is 4.01. The second kappa shape index (κ2) is 6.51. The first-order valence-electron chi connectivity index (χ1n) is 7.89. The van der Waals surface area contributed by atoms with Crippen LogP contribution >= 0.6 is 0 Å². The first-order valence-corrected chi connectivity index (χ1v) is 7.89. The van der Waals surface area contributed by atoms with E-state index in [-0.39, 0.29) is 24.9 Å². The monoisotopic (exact) mass is 332 g/mol. The van der Waals surface area contributed by atoms with Gasteiger partial charge in [0.25, 0.3) is 5.88 Å². The van der Waals surface area contributed by atoms with Gasteiger partial charge in [0.15, 0.2) is 13.2 Å². The molecule has 0 radical (unpaired) electrons. The minimum Gasteiger partial charge on any atom is -0.463 e. The highest BCUT2D eigenvalue weighted by molar-refractivity contribution is 5.99. The van der Waals surface area contributed by atoms with E-state index in [1.807, 2.05) is 19.9 Å². The number of Topliss-reactive ketones (excluding diaryl/α,β-unsaturated/α-hetero) is 1. The Morgan fingerprint density at radius 3 is 2.62 bits per heavy atom. The van der Waals surface area contributed by atoms with Gasteiger partial charge in [-0.15, -0.1) is 0 Å². The van der Waals surface area contributed by atoms with E-state index in [4.69, 9.17) is 14.0 Å². The van der Waals surface area contributed by atoms with Crippen LogP contribution in [0.5, 0.6) is 5.88 Å². The van der Waals surface area contributed by atoms with Gasteiger partial charge in [0.05, 0.1) is 0 Å². The summed E-state index contributed by atoms with van der Waals surface area (Å²) >= 11 is 0. The lowest BCUT2D eigenvalue weighted by molar-refractivity contribution is -0.144. The number of carbonyl (C=O) groups excluding carboxylic acids is 2. The van der Waals surface area contributed by atoms with Crippen molar-refractivity contribution in [3.8, 4) is 5.88 Å². The molecule has 1 aliphatic rings. The summed E-state index contributed by atoms with van der Waals surface area (Å²) in [6.45, 7) is 5.02. The lowest BCUT2D eigenvalue weighted by Crippen LogP contribution is -2.20. The van der Waals surface area contributed by atoms with Gasteiger partial charge in [0.2, 0.25) is 5.78 Å². The van der Waals surface area contributed by atoms with Gasteiger partial charge in [-0.2, -0.15) is 0 Å². The Morgan fingerprint density at radius 1 is 1.25 bits per heavy atom. The molecular formula is C17H20N2O5. The van der Waals surface area contributed by atoms with Gasteiger partial charge in [-0.3, -0.25) is 4.79 Å². The fraction of sp³-hybridized carbons (Fsp3) is 0.471. The van der Waals surface area contributed by atoms with Gasteiger partial charge in [-0.1, -0.05) is 0 Å². The molecule has 1 saturated carbocycles. The van der Waals surface area contributed by atoms with Crippen molar-refractivity contribution in [3.05, 3.63) is 34.8 Å². The predicted octanol–water partition coefficient (Wildman–Crippen LogP) is 2.54. The van der Waals surface area contributed by atoms with E-state index in [1.165, 1.54) is 0 Å². The van der Waals surface area contributed by atoms with E-state index in [1.54, 1.807) is 13.0 Å². The van der Waals surface area contributed by atoms with Crippen LogP contribution < -0.4 is 4.74 Å². The summed E-state index contributed by atoms with van der Waals surface area (Å²) in [5.41, 5.74) is 2.61. The highest BCUT2D eigenvalue weighted by Gasteiger charge is 2.28. The third-order valence-corrected chi connectivity index (χ3v) is 4.01. The van der Waals surface area contributed by atoms with Crippen LogP contribution in [0.4, 0.5) is 0 Å². The van der Waals surface area contributed by atoms with E-state index < -0.39 is 5.97 Å². The number of aromatic nitrogens is 2. The number of ketones is 1. The van der Waals surface area contributed by atoms with Crippen LogP contribution in [0.15, 0.2) is 16.7 Å². The molecular weight excluding hydrogens is 312 g/mol. The quantitative estimate of drug-likeness (QED) is 0.572. The van der Waals surface area contributed by atoms with Crippen molar-refractivity contribution in [2.75, 3.05) is 13.2 Å². The number of hydrogen-bond acceptors (Lipinski definition) is 6. The standard InChI is InChI=1S/C17H20N2O5/c1-10-6-14(12(3)19(10)13-4-5-13)15(20)8-23-17(21)9-22-16-7-11(2)24-18-16/h6-7,13H,4-5,8-9H2,1-3H3. The number of ether oxygens (including phenoxy) is 2. The average molecular weight is 332 g/mol. The number of rotatable bonds is 7. The van der Waals surface area contributed by atoms with Crippen LogP contribution in [0.2, 0.25) is 0 Å². The van der Waals surface area contributed by atoms with Gasteiger partial charge < -0.3 is 18.6 Å². The van der Waals surface area contributed by atoms with Gasteiger partial charge in [0.1, 0.15) is 5.76 Å². The molecule has 128 valence electrons. The summed E-state index contributed by atoms with van der Waals surface area (Å²) in [5.74, 6) is -0.0380. The van der Waals surface area contributed by atoms with Crippen LogP contribution in [0.25, 0.3) is 0 Å². The molecule has 1 fully saturated rings. The predicted molar refractivity (Wildman–Crippen MR) is 84.2 cm³/mol. The Labute approximate surface area is 139 Å². The number of nitrogens with zero attached hydrogens (tertiary/aromatic N) is 2. The zero-order valence-corrected chi connectivity index (χ0v) is 14.0. The zero-order chi connectivity index (χ0) is 17.3.